The number of hydrogen-bond acceptors (Lipinski definition) is 3. The van der Waals surface area contributed by atoms with Crippen molar-refractivity contribution in [2.75, 3.05) is 26.2 Å². The normalized spacial score (nSPS) is 17.1. The Bertz CT molecular complexity index is 799. The summed E-state index contributed by atoms with van der Waals surface area (Å²) in [6, 6.07) is 7.45. The largest absolute Gasteiger partial charge is 0.335 e. The number of fused-ring (bicyclic) bond motifs is 1. The highest BCUT2D eigenvalue weighted by Gasteiger charge is 2.27. The number of carbonyl (C=O) groups is 2. The number of amides is 2. The van der Waals surface area contributed by atoms with Gasteiger partial charge in [0.25, 0.3) is 11.8 Å². The van der Waals surface area contributed by atoms with Gasteiger partial charge in [0.2, 0.25) is 0 Å². The van der Waals surface area contributed by atoms with Gasteiger partial charge in [-0.1, -0.05) is 0 Å². The molecular formula is C19H21FN4O2. The molecule has 1 fully saturated rings. The Kier molecular flexibility index (Phi) is 4.44. The molecule has 3 heterocycles. The lowest BCUT2D eigenvalue weighted by molar-refractivity contribution is 0.0531. The number of halogens is 1. The fourth-order valence-electron chi connectivity index (χ4n) is 3.57. The van der Waals surface area contributed by atoms with E-state index in [0.717, 1.165) is 31.5 Å². The van der Waals surface area contributed by atoms with Crippen LogP contribution in [0.1, 0.15) is 39.4 Å². The zero-order chi connectivity index (χ0) is 18.1. The summed E-state index contributed by atoms with van der Waals surface area (Å²) < 4.78 is 14.9. The molecule has 1 aromatic heterocycles. The third-order valence-electron chi connectivity index (χ3n) is 5.08. The average Bonchev–Trinajstić information content (AvgIpc) is 3.12. The fourth-order valence-corrected chi connectivity index (χ4v) is 3.57. The summed E-state index contributed by atoms with van der Waals surface area (Å²) in [4.78, 5) is 28.6. The first-order valence-corrected chi connectivity index (χ1v) is 9.03. The summed E-state index contributed by atoms with van der Waals surface area (Å²) >= 11 is 0. The highest BCUT2D eigenvalue weighted by Crippen LogP contribution is 2.17. The van der Waals surface area contributed by atoms with Gasteiger partial charge in [0, 0.05) is 44.0 Å². The van der Waals surface area contributed by atoms with Crippen molar-refractivity contribution in [3.8, 4) is 0 Å². The first-order valence-electron chi connectivity index (χ1n) is 9.03. The summed E-state index contributed by atoms with van der Waals surface area (Å²) in [5, 5.41) is 4.45. The van der Waals surface area contributed by atoms with Crippen LogP contribution in [0.4, 0.5) is 4.39 Å². The van der Waals surface area contributed by atoms with Crippen molar-refractivity contribution in [1.29, 1.82) is 0 Å². The number of hydrogen-bond donors (Lipinski definition) is 0. The van der Waals surface area contributed by atoms with Crippen LogP contribution in [0.2, 0.25) is 0 Å². The molecule has 2 aliphatic rings. The van der Waals surface area contributed by atoms with Gasteiger partial charge in [-0.05, 0) is 49.6 Å². The van der Waals surface area contributed by atoms with E-state index in [1.165, 1.54) is 24.3 Å². The second kappa shape index (κ2) is 6.90. The van der Waals surface area contributed by atoms with Gasteiger partial charge in [0.1, 0.15) is 5.82 Å². The third-order valence-corrected chi connectivity index (χ3v) is 5.08. The van der Waals surface area contributed by atoms with Gasteiger partial charge in [-0.2, -0.15) is 5.10 Å². The van der Waals surface area contributed by atoms with Crippen molar-refractivity contribution in [3.05, 3.63) is 53.1 Å². The number of rotatable bonds is 2. The maximum Gasteiger partial charge on any atom is 0.274 e. The lowest BCUT2D eigenvalue weighted by Gasteiger charge is -2.34. The Morgan fingerprint density at radius 3 is 2.19 bits per heavy atom. The minimum absolute atomic E-state index is 0.0687. The Balaban J connectivity index is 1.38. The monoisotopic (exact) mass is 356 g/mol. The van der Waals surface area contributed by atoms with Gasteiger partial charge >= 0.3 is 0 Å². The Morgan fingerprint density at radius 1 is 0.885 bits per heavy atom. The molecule has 1 saturated heterocycles. The summed E-state index contributed by atoms with van der Waals surface area (Å²) in [5.41, 5.74) is 2.10. The van der Waals surface area contributed by atoms with Crippen molar-refractivity contribution < 1.29 is 14.0 Å². The van der Waals surface area contributed by atoms with Crippen molar-refractivity contribution in [3.63, 3.8) is 0 Å². The second-order valence-corrected chi connectivity index (χ2v) is 6.79. The zero-order valence-electron chi connectivity index (χ0n) is 14.5. The molecule has 0 bridgehead atoms. The quantitative estimate of drug-likeness (QED) is 0.826. The van der Waals surface area contributed by atoms with Gasteiger partial charge in [0.05, 0.1) is 0 Å². The zero-order valence-corrected chi connectivity index (χ0v) is 14.5. The molecule has 0 aliphatic carbocycles. The molecule has 0 unspecified atom stereocenters. The maximum absolute atomic E-state index is 13.0. The Labute approximate surface area is 151 Å². The highest BCUT2D eigenvalue weighted by atomic mass is 19.1. The van der Waals surface area contributed by atoms with Gasteiger partial charge < -0.3 is 9.80 Å². The smallest absolute Gasteiger partial charge is 0.274 e. The van der Waals surface area contributed by atoms with E-state index < -0.39 is 0 Å². The molecule has 0 atom stereocenters. The predicted octanol–water partition coefficient (Wildman–Crippen LogP) is 1.96. The third kappa shape index (κ3) is 3.21. The average molecular weight is 356 g/mol. The SMILES string of the molecule is O=C(c1ccc(F)cc1)N1CCN(C(=O)c2cc3n(n2)CCCC3)CC1. The minimum Gasteiger partial charge on any atom is -0.335 e. The molecule has 0 N–H and O–H groups in total. The standard InChI is InChI=1S/C19H21FN4O2/c20-15-6-4-14(5-7-15)18(25)22-9-11-23(12-10-22)19(26)17-13-16-3-1-2-8-24(16)21-17/h4-7,13H,1-3,8-12H2. The topological polar surface area (TPSA) is 58.4 Å². The number of nitrogens with zero attached hydrogens (tertiary/aromatic N) is 4. The van der Waals surface area contributed by atoms with E-state index in [2.05, 4.69) is 5.10 Å². The second-order valence-electron chi connectivity index (χ2n) is 6.79. The van der Waals surface area contributed by atoms with Crippen LogP contribution in [0.3, 0.4) is 0 Å². The van der Waals surface area contributed by atoms with Crippen LogP contribution < -0.4 is 0 Å². The molecule has 2 aliphatic heterocycles. The molecule has 0 spiro atoms. The molecule has 26 heavy (non-hydrogen) atoms. The van der Waals surface area contributed by atoms with E-state index in [1.54, 1.807) is 9.80 Å². The molecular weight excluding hydrogens is 335 g/mol. The molecule has 0 saturated carbocycles. The first-order chi connectivity index (χ1) is 12.6. The molecule has 1 aromatic carbocycles. The minimum atomic E-state index is -0.361. The summed E-state index contributed by atoms with van der Waals surface area (Å²) in [6.07, 6.45) is 3.22. The molecule has 2 aromatic rings. The van der Waals surface area contributed by atoms with Crippen LogP contribution in [0.15, 0.2) is 30.3 Å². The number of piperazine rings is 1. The van der Waals surface area contributed by atoms with Crippen molar-refractivity contribution in [2.24, 2.45) is 0 Å². The van der Waals surface area contributed by atoms with Crippen LogP contribution in [-0.2, 0) is 13.0 Å². The maximum atomic E-state index is 13.0. The van der Waals surface area contributed by atoms with Crippen molar-refractivity contribution in [1.82, 2.24) is 19.6 Å². The highest BCUT2D eigenvalue weighted by molar-refractivity contribution is 5.95. The van der Waals surface area contributed by atoms with E-state index >= 15 is 0 Å². The summed E-state index contributed by atoms with van der Waals surface area (Å²) in [5.74, 6) is -0.560. The molecule has 0 radical (unpaired) electrons. The van der Waals surface area contributed by atoms with Gasteiger partial charge in [0.15, 0.2) is 5.69 Å². The van der Waals surface area contributed by atoms with Crippen LogP contribution in [-0.4, -0.2) is 57.6 Å². The van der Waals surface area contributed by atoms with Crippen LogP contribution in [0.25, 0.3) is 0 Å². The van der Waals surface area contributed by atoms with E-state index in [1.807, 2.05) is 10.7 Å². The number of benzene rings is 1. The summed E-state index contributed by atoms with van der Waals surface area (Å²) in [6.45, 7) is 2.77. The van der Waals surface area contributed by atoms with Crippen LogP contribution in [0, 0.1) is 5.82 Å². The van der Waals surface area contributed by atoms with E-state index in [0.29, 0.717) is 37.4 Å². The molecule has 7 heteroatoms. The van der Waals surface area contributed by atoms with Crippen LogP contribution in [0.5, 0.6) is 0 Å². The van der Waals surface area contributed by atoms with Crippen molar-refractivity contribution in [2.45, 2.75) is 25.8 Å². The summed E-state index contributed by atoms with van der Waals surface area (Å²) in [7, 11) is 0. The van der Waals surface area contributed by atoms with Gasteiger partial charge in [-0.3, -0.25) is 14.3 Å². The van der Waals surface area contributed by atoms with Gasteiger partial charge in [-0.15, -0.1) is 0 Å². The van der Waals surface area contributed by atoms with E-state index in [4.69, 9.17) is 0 Å². The molecule has 136 valence electrons. The van der Waals surface area contributed by atoms with Crippen LogP contribution >= 0.6 is 0 Å². The number of aromatic nitrogens is 2. The Morgan fingerprint density at radius 2 is 1.54 bits per heavy atom. The predicted molar refractivity (Wildman–Crippen MR) is 93.4 cm³/mol. The molecule has 4 rings (SSSR count). The lowest BCUT2D eigenvalue weighted by Crippen LogP contribution is -2.50. The van der Waals surface area contributed by atoms with E-state index in [9.17, 15) is 14.0 Å². The van der Waals surface area contributed by atoms with E-state index in [-0.39, 0.29) is 17.6 Å². The molecule has 2 amide bonds. The van der Waals surface area contributed by atoms with Gasteiger partial charge in [-0.25, -0.2) is 4.39 Å². The number of aryl methyl sites for hydroxylation is 2. The Hall–Kier alpha value is -2.70. The fraction of sp³-hybridized carbons (Fsp3) is 0.421. The lowest BCUT2D eigenvalue weighted by atomic mass is 10.1. The van der Waals surface area contributed by atoms with Crippen molar-refractivity contribution >= 4 is 11.8 Å². The molecule has 6 nitrogen and oxygen atoms in total. The first kappa shape index (κ1) is 16.8. The number of carbonyl (C=O) groups excluding carboxylic acids is 2.